The Labute approximate surface area is 883 Å². The third-order valence-electron chi connectivity index (χ3n) is 15.3. The van der Waals surface area contributed by atoms with Crippen molar-refractivity contribution in [2.45, 2.75) is 133 Å². The average molecular weight is 2150 g/mol. The Kier molecular flexibility index (Phi) is 160. The number of methoxy groups -OCH3 is 16. The molecule has 0 aliphatic rings. The summed E-state index contributed by atoms with van der Waals surface area (Å²) < 4.78 is 175. The molecule has 35 heteroatoms. The second-order valence-electron chi connectivity index (χ2n) is 30.1. The van der Waals surface area contributed by atoms with E-state index < -0.39 is 0 Å². The van der Waals surface area contributed by atoms with Crippen molar-refractivity contribution in [2.75, 3.05) is 358 Å². The Morgan fingerprint density at radius 3 is 1.03 bits per heavy atom. The van der Waals surface area contributed by atoms with Gasteiger partial charge >= 0.3 is 0 Å². The first-order valence-corrected chi connectivity index (χ1v) is 49.4. The minimum Gasteiger partial charge on any atom is -0.382 e. The van der Waals surface area contributed by atoms with Crippen LogP contribution in [0, 0.1) is 41.2 Å². The van der Waals surface area contributed by atoms with E-state index >= 15 is 0 Å². The van der Waals surface area contributed by atoms with E-state index in [0.29, 0.717) is 249 Å². The number of benzene rings is 5. The van der Waals surface area contributed by atoms with Crippen LogP contribution in [-0.2, 0) is 175 Å². The van der Waals surface area contributed by atoms with Gasteiger partial charge in [-0.25, -0.2) is 8.78 Å². The first kappa shape index (κ1) is 158. The number of unbranched alkanes of at least 4 members (excludes halogenated alkanes) is 1. The van der Waals surface area contributed by atoms with Crippen molar-refractivity contribution < 1.29 is 151 Å². The maximum absolute atomic E-state index is 13.0. The van der Waals surface area contributed by atoms with E-state index in [9.17, 15) is 8.78 Å². The SMILES string of the molecule is C#CCOCCOC.C=CCOCCOC.CCCCOCCOC.CCCOCCOC.CCOCCOC.COCCOC.COCCOC(C)(C)C.COCCOC(C)C.COCCOCC#N.COCCOCC(C)C.COCCOCc1ccc(Br)cc1.COCCOCc1ccc(Cl)cc1.COCCOCc1ccc(F)cc1.COCCOCc1ccccc1.COCCOCc1ccccc1F. The molecule has 0 fully saturated rings. The van der Waals surface area contributed by atoms with Crippen LogP contribution < -0.4 is 0 Å². The van der Waals surface area contributed by atoms with Crippen molar-refractivity contribution >= 4 is 27.5 Å². The van der Waals surface area contributed by atoms with Gasteiger partial charge in [-0.2, -0.15) is 5.26 Å². The maximum Gasteiger partial charge on any atom is 0.133 e. The van der Waals surface area contributed by atoms with E-state index in [4.69, 9.17) is 151 Å². The zero-order chi connectivity index (χ0) is 110. The van der Waals surface area contributed by atoms with Crippen LogP contribution >= 0.6 is 27.5 Å². The highest BCUT2D eigenvalue weighted by molar-refractivity contribution is 9.10. The van der Waals surface area contributed by atoms with Crippen molar-refractivity contribution in [2.24, 2.45) is 5.92 Å². The van der Waals surface area contributed by atoms with Crippen LogP contribution in [0.4, 0.5) is 8.78 Å². The van der Waals surface area contributed by atoms with E-state index in [1.807, 2.05) is 126 Å². The molecule has 0 saturated carbocycles. The molecule has 0 radical (unpaired) electrons. The number of hydrogen-bond acceptors (Lipinski definition) is 31. The number of halogens is 4. The van der Waals surface area contributed by atoms with E-state index in [0.717, 1.165) is 73.1 Å². The molecule has 0 saturated heterocycles. The summed E-state index contributed by atoms with van der Waals surface area (Å²) in [7, 11) is 26.4. The van der Waals surface area contributed by atoms with Gasteiger partial charge in [0, 0.05) is 155 Å². The van der Waals surface area contributed by atoms with Crippen LogP contribution in [0.5, 0.6) is 0 Å². The third-order valence-corrected chi connectivity index (χ3v) is 16.1. The topological polar surface area (TPSA) is 301 Å². The van der Waals surface area contributed by atoms with Gasteiger partial charge in [0.15, 0.2) is 0 Å². The molecule has 5 aromatic carbocycles. The summed E-state index contributed by atoms with van der Waals surface area (Å²) in [6, 6.07) is 40.5. The summed E-state index contributed by atoms with van der Waals surface area (Å²) >= 11 is 9.11. The van der Waals surface area contributed by atoms with E-state index in [1.54, 1.807) is 150 Å². The van der Waals surface area contributed by atoms with Gasteiger partial charge < -0.3 is 142 Å². The first-order valence-electron chi connectivity index (χ1n) is 48.2. The van der Waals surface area contributed by atoms with Gasteiger partial charge in [0.05, 0.1) is 256 Å². The Balaban J connectivity index is -0.000000168. The minimum absolute atomic E-state index is 0.0292. The molecule has 844 valence electrons. The maximum atomic E-state index is 13.0. The van der Waals surface area contributed by atoms with Gasteiger partial charge in [-0.05, 0) is 125 Å². The van der Waals surface area contributed by atoms with E-state index in [1.165, 1.54) is 35.7 Å². The minimum atomic E-state index is -0.222. The quantitative estimate of drug-likeness (QED) is 0.0198. The lowest BCUT2D eigenvalue weighted by Crippen LogP contribution is -2.21. The van der Waals surface area contributed by atoms with Crippen molar-refractivity contribution in [3.05, 3.63) is 189 Å². The van der Waals surface area contributed by atoms with Crippen molar-refractivity contribution in [1.82, 2.24) is 0 Å². The highest BCUT2D eigenvalue weighted by Gasteiger charge is 2.09. The normalized spacial score (nSPS) is 10.0. The van der Waals surface area contributed by atoms with Gasteiger partial charge in [0.1, 0.15) is 24.8 Å². The fourth-order valence-electron chi connectivity index (χ4n) is 8.02. The number of hydrogen-bond donors (Lipinski definition) is 0. The number of rotatable bonds is 68. The summed E-state index contributed by atoms with van der Waals surface area (Å²) in [5.41, 5.74) is 5.03. The smallest absolute Gasteiger partial charge is 0.133 e. The Bertz CT molecular complexity index is 3000. The second kappa shape index (κ2) is 146. The van der Waals surface area contributed by atoms with Gasteiger partial charge in [0.2, 0.25) is 0 Å². The molecule has 0 unspecified atom stereocenters. The molecule has 0 spiro atoms. The van der Waals surface area contributed by atoms with Crippen LogP contribution in [-0.4, -0.2) is 370 Å². The standard InChI is InChI=1S/C10H13BrO2.C10H13ClO2.2C10H13FO2.C10H14O2.3C7H16O2.2C6H14O2.C6H12O2.C6H10O2.C5H9NO2.C5H12O2.C4H10O2/c3*1-12-6-7-13-8-9-2-4-10(11)5-3-9;1-12-6-7-13-8-9-4-2-3-5-10(9)11;1-11-7-8-12-9-10-5-3-2-4-6-10;1-7(2,3)9-6-5-8-4;1-7(2)6-9-5-4-8-3;1-3-4-5-9-7-6-8-2;1-6(2)8-5-4-7-3;3*1-3-4-8-6-5-7-2;1-7-4-5-8-3-2-6;1-3-7-5-4-6-2;1-5-3-4-6-2/h4*2-5H,6-8H2,1H3;2-6H,7-9H2,1H3;5-6H2,1-4H3;7H,4-6H2,1-3H3;3-7H2,1-2H3;6H,4-5H2,1-3H3;3-6H2,1-2H3;3H,1,4-6H2,2H3;1H,4-6H2,2H3;3-5H2,1H3;3-5H2,1-2H3;3-4H2,1-2H3. The van der Waals surface area contributed by atoms with Gasteiger partial charge in [-0.1, -0.05) is 159 Å². The molecule has 0 atom stereocenters. The molecule has 0 bridgehead atoms. The lowest BCUT2D eigenvalue weighted by Gasteiger charge is -2.18. The number of nitrogens with zero attached hydrogens (tertiary/aromatic N) is 1. The fraction of sp³-hybridized carbons (Fsp3) is 0.679. The van der Waals surface area contributed by atoms with Crippen LogP contribution in [0.25, 0.3) is 0 Å². The number of terminal acetylenes is 1. The highest BCUT2D eigenvalue weighted by Crippen LogP contribution is 2.13. The number of ether oxygens (including phenoxy) is 30. The van der Waals surface area contributed by atoms with Crippen molar-refractivity contribution in [1.29, 1.82) is 5.26 Å². The lowest BCUT2D eigenvalue weighted by molar-refractivity contribution is -0.0271. The van der Waals surface area contributed by atoms with Gasteiger partial charge in [-0.3, -0.25) is 0 Å². The monoisotopic (exact) mass is 2150 g/mol. The third kappa shape index (κ3) is 164. The van der Waals surface area contributed by atoms with Crippen LogP contribution in [0.1, 0.15) is 116 Å². The average Bonchev–Trinajstić information content (AvgIpc) is 0.918. The predicted molar refractivity (Wildman–Crippen MR) is 576 cm³/mol. The Morgan fingerprint density at radius 1 is 0.354 bits per heavy atom. The van der Waals surface area contributed by atoms with Gasteiger partial charge in [-0.15, -0.1) is 13.0 Å². The molecular weight excluding hydrogens is 1960 g/mol. The zero-order valence-electron chi connectivity index (χ0n) is 93.2. The summed E-state index contributed by atoms with van der Waals surface area (Å²) in [5, 5.41) is 8.70. The zero-order valence-corrected chi connectivity index (χ0v) is 95.5. The molecule has 0 aliphatic heterocycles. The van der Waals surface area contributed by atoms with E-state index in [2.05, 4.69) is 70.3 Å². The predicted octanol–water partition coefficient (Wildman–Crippen LogP) is 19.5. The summed E-state index contributed by atoms with van der Waals surface area (Å²) in [4.78, 5) is 0. The first-order chi connectivity index (χ1) is 69.8. The summed E-state index contributed by atoms with van der Waals surface area (Å²) in [5.74, 6) is 2.53. The molecule has 0 heterocycles. The molecular formula is C109H195BrClF2NO30. The Morgan fingerprint density at radius 2 is 0.674 bits per heavy atom. The number of nitriles is 1. The van der Waals surface area contributed by atoms with Crippen LogP contribution in [0.3, 0.4) is 0 Å². The van der Waals surface area contributed by atoms with Crippen molar-refractivity contribution in [3.8, 4) is 18.4 Å². The molecule has 144 heavy (non-hydrogen) atoms. The highest BCUT2D eigenvalue weighted by atomic mass is 79.9. The summed E-state index contributed by atoms with van der Waals surface area (Å²) in [6.45, 7) is 50.8. The van der Waals surface area contributed by atoms with Gasteiger partial charge in [0.25, 0.3) is 0 Å². The van der Waals surface area contributed by atoms with Crippen molar-refractivity contribution in [3.63, 3.8) is 0 Å². The molecule has 0 aromatic heterocycles. The van der Waals surface area contributed by atoms with E-state index in [-0.39, 0.29) is 23.8 Å². The fourth-order valence-corrected chi connectivity index (χ4v) is 8.41. The summed E-state index contributed by atoms with van der Waals surface area (Å²) in [6.07, 6.45) is 10.4. The Hall–Kier alpha value is -5.68. The molecule has 31 nitrogen and oxygen atoms in total. The van der Waals surface area contributed by atoms with Crippen LogP contribution in [0.2, 0.25) is 5.02 Å². The molecule has 0 N–H and O–H groups in total. The lowest BCUT2D eigenvalue weighted by atomic mass is 10.2. The second-order valence-corrected chi connectivity index (χ2v) is 31.4. The molecule has 5 rings (SSSR count). The van der Waals surface area contributed by atoms with Crippen LogP contribution in [0.15, 0.2) is 145 Å². The molecule has 0 amide bonds. The largest absolute Gasteiger partial charge is 0.382 e. The molecule has 5 aromatic rings. The molecule has 0 aliphatic carbocycles.